The molecule has 0 amide bonds. The zero-order valence-electron chi connectivity index (χ0n) is 12.8. The lowest BCUT2D eigenvalue weighted by Gasteiger charge is -2.32. The summed E-state index contributed by atoms with van der Waals surface area (Å²) in [6, 6.07) is 22.6. The summed E-state index contributed by atoms with van der Waals surface area (Å²) in [6.45, 7) is 2.38. The minimum absolute atomic E-state index is 0.308. The van der Waals surface area contributed by atoms with Crippen molar-refractivity contribution in [3.8, 4) is 0 Å². The smallest absolute Gasteiger partial charge is 0.0578 e. The van der Waals surface area contributed by atoms with Crippen molar-refractivity contribution in [1.29, 1.82) is 0 Å². The summed E-state index contributed by atoms with van der Waals surface area (Å²) < 4.78 is 0. The van der Waals surface area contributed by atoms with Crippen molar-refractivity contribution in [2.24, 2.45) is 5.92 Å². The van der Waals surface area contributed by atoms with Crippen molar-refractivity contribution in [1.82, 2.24) is 5.32 Å². The molecule has 1 aliphatic carbocycles. The third-order valence-corrected chi connectivity index (χ3v) is 4.60. The molecule has 0 heterocycles. The van der Waals surface area contributed by atoms with E-state index in [9.17, 15) is 0 Å². The monoisotopic (exact) mass is 279 g/mol. The van der Waals surface area contributed by atoms with Crippen LogP contribution in [0.2, 0.25) is 0 Å². The molecule has 1 aliphatic rings. The van der Waals surface area contributed by atoms with Gasteiger partial charge in [0.05, 0.1) is 6.04 Å². The molecule has 1 nitrogen and oxygen atoms in total. The zero-order chi connectivity index (χ0) is 14.5. The molecule has 0 spiro atoms. The molecule has 1 fully saturated rings. The molecule has 2 unspecified atom stereocenters. The Morgan fingerprint density at radius 2 is 1.43 bits per heavy atom. The van der Waals surface area contributed by atoms with Gasteiger partial charge in [-0.05, 0) is 29.9 Å². The van der Waals surface area contributed by atoms with Crippen molar-refractivity contribution in [2.75, 3.05) is 0 Å². The molecule has 110 valence electrons. The molecule has 2 atom stereocenters. The Kier molecular flexibility index (Phi) is 4.72. The first-order valence-electron chi connectivity index (χ1n) is 8.19. The Balaban J connectivity index is 1.83. The number of nitrogens with one attached hydrogen (secondary N) is 1. The average Bonchev–Trinajstić information content (AvgIpc) is 2.54. The van der Waals surface area contributed by atoms with Crippen LogP contribution >= 0.6 is 0 Å². The SMILES string of the molecule is CC1CCCC(NC(c2ccccc2)c2ccccc2)C1. The van der Waals surface area contributed by atoms with Crippen LogP contribution in [-0.4, -0.2) is 6.04 Å². The Morgan fingerprint density at radius 3 is 1.95 bits per heavy atom. The molecule has 0 aliphatic heterocycles. The first-order valence-corrected chi connectivity index (χ1v) is 8.19. The normalized spacial score (nSPS) is 22.4. The number of hydrogen-bond donors (Lipinski definition) is 1. The third-order valence-electron chi connectivity index (χ3n) is 4.60. The molecule has 2 aromatic rings. The number of rotatable bonds is 4. The zero-order valence-corrected chi connectivity index (χ0v) is 12.8. The Bertz CT molecular complexity index is 495. The van der Waals surface area contributed by atoms with Gasteiger partial charge in [-0.15, -0.1) is 0 Å². The van der Waals surface area contributed by atoms with E-state index in [1.807, 2.05) is 0 Å². The standard InChI is InChI=1S/C20H25N/c1-16-9-8-14-19(15-16)21-20(17-10-4-2-5-11-17)18-12-6-3-7-13-18/h2-7,10-13,16,19-21H,8-9,14-15H2,1H3. The van der Waals surface area contributed by atoms with Crippen molar-refractivity contribution >= 4 is 0 Å². The van der Waals surface area contributed by atoms with Gasteiger partial charge in [0, 0.05) is 6.04 Å². The van der Waals surface area contributed by atoms with Crippen LogP contribution in [0.3, 0.4) is 0 Å². The van der Waals surface area contributed by atoms with Gasteiger partial charge < -0.3 is 5.32 Å². The fraction of sp³-hybridized carbons (Fsp3) is 0.400. The molecule has 1 N–H and O–H groups in total. The van der Waals surface area contributed by atoms with E-state index in [-0.39, 0.29) is 0 Å². The van der Waals surface area contributed by atoms with Crippen LogP contribution in [0.1, 0.15) is 49.8 Å². The summed E-state index contributed by atoms with van der Waals surface area (Å²) in [4.78, 5) is 0. The molecule has 1 heteroatoms. The van der Waals surface area contributed by atoms with Crippen LogP contribution in [0.5, 0.6) is 0 Å². The van der Waals surface area contributed by atoms with Crippen molar-refractivity contribution in [2.45, 2.75) is 44.7 Å². The van der Waals surface area contributed by atoms with E-state index >= 15 is 0 Å². The van der Waals surface area contributed by atoms with Crippen LogP contribution in [0.25, 0.3) is 0 Å². The number of hydrogen-bond acceptors (Lipinski definition) is 1. The van der Waals surface area contributed by atoms with Gasteiger partial charge in [-0.25, -0.2) is 0 Å². The Hall–Kier alpha value is -1.60. The van der Waals surface area contributed by atoms with E-state index in [0.29, 0.717) is 12.1 Å². The molecular formula is C20H25N. The highest BCUT2D eigenvalue weighted by atomic mass is 15.0. The maximum atomic E-state index is 3.92. The second-order valence-electron chi connectivity index (χ2n) is 6.39. The van der Waals surface area contributed by atoms with E-state index in [0.717, 1.165) is 5.92 Å². The van der Waals surface area contributed by atoms with Gasteiger partial charge in [-0.1, -0.05) is 80.4 Å². The Labute approximate surface area is 128 Å². The number of benzene rings is 2. The molecule has 2 aromatic carbocycles. The average molecular weight is 279 g/mol. The van der Waals surface area contributed by atoms with Crippen molar-refractivity contribution in [3.63, 3.8) is 0 Å². The molecule has 0 radical (unpaired) electrons. The van der Waals surface area contributed by atoms with Crippen LogP contribution in [0.15, 0.2) is 60.7 Å². The van der Waals surface area contributed by atoms with Gasteiger partial charge >= 0.3 is 0 Å². The summed E-state index contributed by atoms with van der Waals surface area (Å²) in [5.41, 5.74) is 2.73. The molecule has 3 rings (SSSR count). The van der Waals surface area contributed by atoms with E-state index in [2.05, 4.69) is 72.9 Å². The van der Waals surface area contributed by atoms with Gasteiger partial charge in [-0.3, -0.25) is 0 Å². The lowest BCUT2D eigenvalue weighted by molar-refractivity contribution is 0.290. The summed E-state index contributed by atoms with van der Waals surface area (Å²) in [7, 11) is 0. The topological polar surface area (TPSA) is 12.0 Å². The fourth-order valence-corrected chi connectivity index (χ4v) is 3.50. The van der Waals surface area contributed by atoms with Gasteiger partial charge in [0.2, 0.25) is 0 Å². The largest absolute Gasteiger partial charge is 0.303 e. The summed E-state index contributed by atoms with van der Waals surface area (Å²) in [6.07, 6.45) is 5.35. The third kappa shape index (κ3) is 3.74. The maximum absolute atomic E-state index is 3.92. The van der Waals surface area contributed by atoms with E-state index in [4.69, 9.17) is 0 Å². The molecular weight excluding hydrogens is 254 g/mol. The molecule has 1 saturated carbocycles. The fourth-order valence-electron chi connectivity index (χ4n) is 3.50. The Morgan fingerprint density at radius 1 is 0.857 bits per heavy atom. The quantitative estimate of drug-likeness (QED) is 0.835. The van der Waals surface area contributed by atoms with Crippen molar-refractivity contribution < 1.29 is 0 Å². The predicted molar refractivity (Wildman–Crippen MR) is 89.3 cm³/mol. The highest BCUT2D eigenvalue weighted by Gasteiger charge is 2.23. The van der Waals surface area contributed by atoms with Gasteiger partial charge in [0.1, 0.15) is 0 Å². The second kappa shape index (κ2) is 6.91. The van der Waals surface area contributed by atoms with Crippen molar-refractivity contribution in [3.05, 3.63) is 71.8 Å². The minimum Gasteiger partial charge on any atom is -0.303 e. The summed E-state index contributed by atoms with van der Waals surface area (Å²) in [5, 5.41) is 3.92. The minimum atomic E-state index is 0.308. The first-order chi connectivity index (χ1) is 10.3. The maximum Gasteiger partial charge on any atom is 0.0578 e. The summed E-state index contributed by atoms with van der Waals surface area (Å²) in [5.74, 6) is 0.850. The van der Waals surface area contributed by atoms with Crippen LogP contribution in [0, 0.1) is 5.92 Å². The van der Waals surface area contributed by atoms with Gasteiger partial charge in [-0.2, -0.15) is 0 Å². The summed E-state index contributed by atoms with van der Waals surface area (Å²) >= 11 is 0. The molecule has 0 bridgehead atoms. The lowest BCUT2D eigenvalue weighted by atomic mass is 9.86. The van der Waals surface area contributed by atoms with E-state index < -0.39 is 0 Å². The van der Waals surface area contributed by atoms with Gasteiger partial charge in [0.25, 0.3) is 0 Å². The highest BCUT2D eigenvalue weighted by molar-refractivity contribution is 5.31. The van der Waals surface area contributed by atoms with E-state index in [1.165, 1.54) is 36.8 Å². The second-order valence-corrected chi connectivity index (χ2v) is 6.39. The molecule has 21 heavy (non-hydrogen) atoms. The van der Waals surface area contributed by atoms with E-state index in [1.54, 1.807) is 0 Å². The highest BCUT2D eigenvalue weighted by Crippen LogP contribution is 2.28. The first kappa shape index (κ1) is 14.3. The van der Waals surface area contributed by atoms with Crippen LogP contribution in [0.4, 0.5) is 0 Å². The lowest BCUT2D eigenvalue weighted by Crippen LogP contribution is -2.36. The van der Waals surface area contributed by atoms with Gasteiger partial charge in [0.15, 0.2) is 0 Å². The molecule has 0 aromatic heterocycles. The molecule has 0 saturated heterocycles. The predicted octanol–water partition coefficient (Wildman–Crippen LogP) is 4.94. The van der Waals surface area contributed by atoms with Crippen LogP contribution < -0.4 is 5.32 Å². The van der Waals surface area contributed by atoms with Crippen LogP contribution in [-0.2, 0) is 0 Å².